The molecule has 0 rings (SSSR count). The van der Waals surface area contributed by atoms with E-state index in [1.807, 2.05) is 19.6 Å². The zero-order valence-corrected chi connectivity index (χ0v) is 13.8. The van der Waals surface area contributed by atoms with E-state index in [0.717, 1.165) is 0 Å². The molecule has 2 atom stereocenters. The van der Waals surface area contributed by atoms with Crippen molar-refractivity contribution >= 4 is 20.1 Å². The summed E-state index contributed by atoms with van der Waals surface area (Å²) in [6.45, 7) is 10.9. The Morgan fingerprint density at radius 3 is 2.10 bits per heavy atom. The maximum absolute atomic E-state index is 11.5. The molecule has 7 heteroatoms. The van der Waals surface area contributed by atoms with E-state index in [9.17, 15) is 14.7 Å². The van der Waals surface area contributed by atoms with Crippen LogP contribution >= 0.6 is 0 Å². The molecule has 6 nitrogen and oxygen atoms in total. The lowest BCUT2D eigenvalue weighted by Crippen LogP contribution is -2.49. The van der Waals surface area contributed by atoms with Crippen LogP contribution in [0.2, 0.25) is 19.6 Å². The molecule has 20 heavy (non-hydrogen) atoms. The van der Waals surface area contributed by atoms with Crippen LogP contribution in [-0.4, -0.2) is 48.1 Å². The van der Waals surface area contributed by atoms with E-state index in [1.54, 1.807) is 20.8 Å². The predicted octanol–water partition coefficient (Wildman–Crippen LogP) is 1.21. The van der Waals surface area contributed by atoms with Crippen molar-refractivity contribution < 1.29 is 24.5 Å². The van der Waals surface area contributed by atoms with Crippen LogP contribution in [0.5, 0.6) is 0 Å². The molecule has 0 saturated carbocycles. The first-order valence-electron chi connectivity index (χ1n) is 6.25. The normalized spacial score (nSPS) is 14.6. The third kappa shape index (κ3) is 8.56. The topological polar surface area (TPSA) is 95.9 Å². The molecule has 0 aromatic carbocycles. The lowest BCUT2D eigenvalue weighted by atomic mass is 10.1. The van der Waals surface area contributed by atoms with Gasteiger partial charge in [-0.2, -0.15) is 0 Å². The van der Waals surface area contributed by atoms with Gasteiger partial charge in [-0.05, 0) is 20.8 Å². The summed E-state index contributed by atoms with van der Waals surface area (Å²) in [5.74, 6) is 1.12. The first-order valence-corrected chi connectivity index (χ1v) is 9.75. The van der Waals surface area contributed by atoms with Gasteiger partial charge < -0.3 is 20.3 Å². The van der Waals surface area contributed by atoms with Crippen LogP contribution in [-0.2, 0) is 9.53 Å². The van der Waals surface area contributed by atoms with E-state index in [2.05, 4.69) is 16.8 Å². The number of nitrogens with one attached hydrogen (secondary N) is 1. The highest BCUT2D eigenvalue weighted by Crippen LogP contribution is 2.07. The average molecular weight is 301 g/mol. The van der Waals surface area contributed by atoms with E-state index >= 15 is 0 Å². The van der Waals surface area contributed by atoms with Crippen LogP contribution in [0, 0.1) is 11.5 Å². The van der Waals surface area contributed by atoms with Crippen LogP contribution in [0.4, 0.5) is 4.79 Å². The Kier molecular flexibility index (Phi) is 6.25. The van der Waals surface area contributed by atoms with Crippen molar-refractivity contribution in [1.29, 1.82) is 0 Å². The number of amides is 1. The molecule has 0 aliphatic rings. The van der Waals surface area contributed by atoms with Crippen LogP contribution in [0.3, 0.4) is 0 Å². The van der Waals surface area contributed by atoms with E-state index < -0.39 is 37.9 Å². The highest BCUT2D eigenvalue weighted by molar-refractivity contribution is 6.83. The third-order valence-electron chi connectivity index (χ3n) is 1.85. The Morgan fingerprint density at radius 1 is 1.25 bits per heavy atom. The Bertz CT molecular complexity index is 425. The Morgan fingerprint density at radius 2 is 1.75 bits per heavy atom. The predicted molar refractivity (Wildman–Crippen MR) is 77.9 cm³/mol. The number of ether oxygens (including phenoxy) is 1. The molecule has 1 amide bonds. The van der Waals surface area contributed by atoms with Gasteiger partial charge in [-0.3, -0.25) is 0 Å². The molecule has 0 aliphatic carbocycles. The lowest BCUT2D eigenvalue weighted by Gasteiger charge is -2.22. The number of alkyl carbamates (subject to hydrolysis) is 1. The van der Waals surface area contributed by atoms with Gasteiger partial charge >= 0.3 is 12.1 Å². The second-order valence-corrected chi connectivity index (χ2v) is 11.2. The summed E-state index contributed by atoms with van der Waals surface area (Å²) in [4.78, 5) is 22.6. The molecule has 0 aromatic heterocycles. The minimum atomic E-state index is -1.74. The van der Waals surface area contributed by atoms with Crippen molar-refractivity contribution in [1.82, 2.24) is 5.32 Å². The zero-order valence-electron chi connectivity index (χ0n) is 12.8. The van der Waals surface area contributed by atoms with Gasteiger partial charge in [0.15, 0.2) is 6.04 Å². The first-order chi connectivity index (χ1) is 8.82. The zero-order chi connectivity index (χ0) is 16.1. The van der Waals surface area contributed by atoms with E-state index in [-0.39, 0.29) is 0 Å². The molecular weight excluding hydrogens is 278 g/mol. The van der Waals surface area contributed by atoms with Crippen LogP contribution in [0.1, 0.15) is 20.8 Å². The fourth-order valence-corrected chi connectivity index (χ4v) is 1.66. The molecule has 0 fully saturated rings. The maximum Gasteiger partial charge on any atom is 0.408 e. The van der Waals surface area contributed by atoms with E-state index in [4.69, 9.17) is 9.84 Å². The van der Waals surface area contributed by atoms with Gasteiger partial charge in [0.25, 0.3) is 0 Å². The standard InChI is InChI=1S/C13H23NO5Si/c1-13(2,3)19-12(18)14-10(11(16)17)9(15)7-8-20(4,5)6/h9-10,15H,1-6H3,(H,14,18)(H,16,17)/t9-,10+/m1/s1. The summed E-state index contributed by atoms with van der Waals surface area (Å²) in [6, 6.07) is -1.52. The molecule has 0 saturated heterocycles. The summed E-state index contributed by atoms with van der Waals surface area (Å²) < 4.78 is 4.95. The first kappa shape index (κ1) is 18.5. The number of carboxylic acid groups (broad SMARTS) is 1. The van der Waals surface area contributed by atoms with Gasteiger partial charge in [-0.25, -0.2) is 9.59 Å². The van der Waals surface area contributed by atoms with Gasteiger partial charge in [-0.15, -0.1) is 5.54 Å². The molecule has 0 bridgehead atoms. The molecule has 0 unspecified atom stereocenters. The molecule has 0 aromatic rings. The monoisotopic (exact) mass is 301 g/mol. The number of aliphatic carboxylic acids is 1. The van der Waals surface area contributed by atoms with Crippen molar-refractivity contribution in [2.24, 2.45) is 0 Å². The number of carbonyl (C=O) groups is 2. The molecule has 3 N–H and O–H groups in total. The van der Waals surface area contributed by atoms with Gasteiger partial charge in [0, 0.05) is 0 Å². The van der Waals surface area contributed by atoms with Crippen LogP contribution < -0.4 is 5.32 Å². The third-order valence-corrected chi connectivity index (χ3v) is 2.74. The molecular formula is C13H23NO5Si. The summed E-state index contributed by atoms with van der Waals surface area (Å²) in [5, 5.41) is 20.9. The van der Waals surface area contributed by atoms with E-state index in [0.29, 0.717) is 0 Å². The number of aliphatic hydroxyl groups excluding tert-OH is 1. The Balaban J connectivity index is 4.86. The van der Waals surface area contributed by atoms with Gasteiger partial charge in [-0.1, -0.05) is 25.6 Å². The SMILES string of the molecule is CC(C)(C)OC(=O)N[C@H](C(=O)O)[C@H](O)C#C[Si](C)(C)C. The van der Waals surface area contributed by atoms with Crippen molar-refractivity contribution in [2.75, 3.05) is 0 Å². The van der Waals surface area contributed by atoms with Crippen LogP contribution in [0.15, 0.2) is 0 Å². The number of hydrogen-bond acceptors (Lipinski definition) is 4. The molecule has 0 radical (unpaired) electrons. The van der Waals surface area contributed by atoms with E-state index in [1.165, 1.54) is 0 Å². The number of hydrogen-bond donors (Lipinski definition) is 3. The van der Waals surface area contributed by atoms with Crippen molar-refractivity contribution in [3.05, 3.63) is 0 Å². The summed E-state index contributed by atoms with van der Waals surface area (Å²) >= 11 is 0. The Labute approximate surface area is 120 Å². The minimum absolute atomic E-state index is 0.748. The average Bonchev–Trinajstić information content (AvgIpc) is 2.18. The fourth-order valence-electron chi connectivity index (χ4n) is 1.08. The van der Waals surface area contributed by atoms with Gasteiger partial charge in [0.1, 0.15) is 19.8 Å². The lowest BCUT2D eigenvalue weighted by molar-refractivity contribution is -0.141. The molecule has 0 heterocycles. The molecule has 0 spiro atoms. The number of rotatable bonds is 3. The van der Waals surface area contributed by atoms with Crippen molar-refractivity contribution in [3.63, 3.8) is 0 Å². The quantitative estimate of drug-likeness (QED) is 0.538. The van der Waals surface area contributed by atoms with Gasteiger partial charge in [0.05, 0.1) is 0 Å². The highest BCUT2D eigenvalue weighted by Gasteiger charge is 2.29. The second kappa shape index (κ2) is 6.77. The highest BCUT2D eigenvalue weighted by atomic mass is 28.3. The number of aliphatic hydroxyl groups is 1. The maximum atomic E-state index is 11.5. The fraction of sp³-hybridized carbons (Fsp3) is 0.692. The van der Waals surface area contributed by atoms with Crippen molar-refractivity contribution in [2.45, 2.75) is 58.2 Å². The number of carbonyl (C=O) groups excluding carboxylic acids is 1. The Hall–Kier alpha value is -1.52. The summed E-state index contributed by atoms with van der Waals surface area (Å²) in [5.41, 5.74) is 2.11. The van der Waals surface area contributed by atoms with Gasteiger partial charge in [0.2, 0.25) is 0 Å². The summed E-state index contributed by atoms with van der Waals surface area (Å²) in [7, 11) is -1.74. The summed E-state index contributed by atoms with van der Waals surface area (Å²) in [6.07, 6.45) is -2.38. The second-order valence-electron chi connectivity index (χ2n) is 6.43. The molecule has 0 aliphatic heterocycles. The van der Waals surface area contributed by atoms with Crippen LogP contribution in [0.25, 0.3) is 0 Å². The molecule has 114 valence electrons. The smallest absolute Gasteiger partial charge is 0.408 e. The number of carboxylic acids is 1. The van der Waals surface area contributed by atoms with Crippen molar-refractivity contribution in [3.8, 4) is 11.5 Å². The largest absolute Gasteiger partial charge is 0.480 e. The minimum Gasteiger partial charge on any atom is -0.480 e.